The fourth-order valence-corrected chi connectivity index (χ4v) is 4.79. The van der Waals surface area contributed by atoms with E-state index in [4.69, 9.17) is 14.0 Å². The molecule has 1 fully saturated rings. The van der Waals surface area contributed by atoms with Crippen LogP contribution in [0.5, 0.6) is 5.75 Å². The third kappa shape index (κ3) is 3.52. The van der Waals surface area contributed by atoms with E-state index < -0.39 is 11.6 Å². The normalized spacial score (nSPS) is 19.1. The first-order valence-electron chi connectivity index (χ1n) is 11.3. The van der Waals surface area contributed by atoms with Crippen LogP contribution in [0.1, 0.15) is 42.9 Å². The molecule has 0 spiro atoms. The van der Waals surface area contributed by atoms with Gasteiger partial charge in [-0.3, -0.25) is 14.5 Å². The number of hydrogen-bond acceptors (Lipinski definition) is 8. The molecule has 5 rings (SSSR count). The lowest BCUT2D eigenvalue weighted by atomic mass is 9.95. The minimum atomic E-state index is -1.57. The van der Waals surface area contributed by atoms with Gasteiger partial charge in [-0.1, -0.05) is 17.3 Å². The predicted octanol–water partition coefficient (Wildman–Crippen LogP) is 3.18. The molecule has 2 aliphatic heterocycles. The highest BCUT2D eigenvalue weighted by Crippen LogP contribution is 2.46. The molecule has 180 valence electrons. The minimum Gasteiger partial charge on any atom is -0.497 e. The van der Waals surface area contributed by atoms with Crippen molar-refractivity contribution in [3.8, 4) is 17.1 Å². The van der Waals surface area contributed by atoms with Crippen LogP contribution in [0.4, 0.5) is 5.69 Å². The fraction of sp³-hybridized carbons (Fsp3) is 0.320. The summed E-state index contributed by atoms with van der Waals surface area (Å²) in [7, 11) is 1.58. The molecule has 2 aliphatic rings. The number of benzene rings is 2. The summed E-state index contributed by atoms with van der Waals surface area (Å²) < 4.78 is 16.0. The van der Waals surface area contributed by atoms with Crippen molar-refractivity contribution < 1.29 is 28.4 Å². The quantitative estimate of drug-likeness (QED) is 0.498. The monoisotopic (exact) mass is 476 g/mol. The van der Waals surface area contributed by atoms with Gasteiger partial charge in [0.15, 0.2) is 6.61 Å². The Bertz CT molecular complexity index is 1300. The highest BCUT2D eigenvalue weighted by Gasteiger charge is 2.62. The molecule has 2 aromatic carbocycles. The topological polar surface area (TPSA) is 115 Å². The molecule has 1 saturated heterocycles. The molecule has 10 nitrogen and oxygen atoms in total. The summed E-state index contributed by atoms with van der Waals surface area (Å²) in [5, 5.41) is 3.95. The van der Waals surface area contributed by atoms with Crippen molar-refractivity contribution in [1.29, 1.82) is 0 Å². The third-order valence-corrected chi connectivity index (χ3v) is 6.29. The number of hydrogen-bond donors (Lipinski definition) is 0. The number of ether oxygens (including phenoxy) is 2. The number of carbonyl (C=O) groups is 3. The molecular formula is C25H24N4O6. The van der Waals surface area contributed by atoms with Crippen molar-refractivity contribution in [3.05, 3.63) is 60.0 Å². The van der Waals surface area contributed by atoms with E-state index in [-0.39, 0.29) is 43.2 Å². The number of carbonyl (C=O) groups excluding carboxylic acids is 3. The van der Waals surface area contributed by atoms with Crippen LogP contribution in [0.2, 0.25) is 0 Å². The Kier molecular flexibility index (Phi) is 5.50. The van der Waals surface area contributed by atoms with Gasteiger partial charge in [-0.05, 0) is 50.2 Å². The van der Waals surface area contributed by atoms with Crippen molar-refractivity contribution in [2.24, 2.45) is 0 Å². The maximum atomic E-state index is 13.6. The highest BCUT2D eigenvalue weighted by atomic mass is 16.6. The molecule has 1 unspecified atom stereocenters. The molecule has 1 aromatic heterocycles. The van der Waals surface area contributed by atoms with Gasteiger partial charge in [-0.25, -0.2) is 4.79 Å². The summed E-state index contributed by atoms with van der Waals surface area (Å²) >= 11 is 0. The summed E-state index contributed by atoms with van der Waals surface area (Å²) in [6.07, 6.45) is 0.242. The first-order valence-corrected chi connectivity index (χ1v) is 11.3. The van der Waals surface area contributed by atoms with Gasteiger partial charge in [-0.15, -0.1) is 0 Å². The van der Waals surface area contributed by atoms with E-state index in [0.29, 0.717) is 28.4 Å². The van der Waals surface area contributed by atoms with Gasteiger partial charge in [0.05, 0.1) is 18.4 Å². The lowest BCUT2D eigenvalue weighted by molar-refractivity contribution is -0.160. The largest absolute Gasteiger partial charge is 0.497 e. The molecule has 1 atom stereocenters. The Labute approximate surface area is 201 Å². The standard InChI is InChI=1S/C25H24N4O6/c1-15(2)28-23(31)18-6-4-5-7-19(18)29-21(30)12-13-25(28,29)24(32)34-14-20-26-22(27-35-20)16-8-10-17(33-3)11-9-16/h4-11,15H,12-14H2,1-3H3. The van der Waals surface area contributed by atoms with Crippen molar-refractivity contribution in [2.75, 3.05) is 12.0 Å². The zero-order chi connectivity index (χ0) is 24.7. The van der Waals surface area contributed by atoms with Crippen LogP contribution in [-0.4, -0.2) is 51.6 Å². The van der Waals surface area contributed by atoms with E-state index in [1.807, 2.05) is 0 Å². The summed E-state index contributed by atoms with van der Waals surface area (Å²) in [5.41, 5.74) is -0.0803. The van der Waals surface area contributed by atoms with Gasteiger partial charge in [0.1, 0.15) is 5.75 Å². The van der Waals surface area contributed by atoms with Gasteiger partial charge in [-0.2, -0.15) is 4.98 Å². The Morgan fingerprint density at radius 1 is 1.14 bits per heavy atom. The van der Waals surface area contributed by atoms with Crippen molar-refractivity contribution in [3.63, 3.8) is 0 Å². The van der Waals surface area contributed by atoms with Crippen LogP contribution >= 0.6 is 0 Å². The minimum absolute atomic E-state index is 0.0927. The SMILES string of the molecule is COc1ccc(-c2noc(COC(=O)C34CCC(=O)N3c3ccccc3C(=O)N4C(C)C)n2)cc1. The Morgan fingerprint density at radius 2 is 1.89 bits per heavy atom. The summed E-state index contributed by atoms with van der Waals surface area (Å²) in [6.45, 7) is 3.31. The van der Waals surface area contributed by atoms with Gasteiger partial charge in [0.2, 0.25) is 17.4 Å². The molecule has 0 radical (unpaired) electrons. The molecule has 0 saturated carbocycles. The van der Waals surface area contributed by atoms with Crippen molar-refractivity contribution in [2.45, 2.75) is 45.0 Å². The van der Waals surface area contributed by atoms with Crippen LogP contribution in [-0.2, 0) is 20.9 Å². The molecule has 10 heteroatoms. The molecular weight excluding hydrogens is 452 g/mol. The number of esters is 1. The number of amides is 2. The summed E-state index contributed by atoms with van der Waals surface area (Å²) in [6, 6.07) is 13.6. The van der Waals surface area contributed by atoms with Gasteiger partial charge < -0.3 is 18.9 Å². The number of fused-ring (bicyclic) bond motifs is 3. The molecule has 3 heterocycles. The van der Waals surface area contributed by atoms with Crippen LogP contribution < -0.4 is 9.64 Å². The summed E-state index contributed by atoms with van der Waals surface area (Å²) in [4.78, 5) is 47.2. The first-order chi connectivity index (χ1) is 16.9. The van der Waals surface area contributed by atoms with Crippen LogP contribution in [0.25, 0.3) is 11.4 Å². The average molecular weight is 476 g/mol. The van der Waals surface area contributed by atoms with Crippen LogP contribution in [0.15, 0.2) is 53.1 Å². The smallest absolute Gasteiger partial charge is 0.354 e. The zero-order valence-electron chi connectivity index (χ0n) is 19.6. The second kappa shape index (κ2) is 8.53. The van der Waals surface area contributed by atoms with Gasteiger partial charge in [0, 0.05) is 24.4 Å². The number of rotatable bonds is 6. The Hall–Kier alpha value is -4.21. The van der Waals surface area contributed by atoms with Crippen molar-refractivity contribution in [1.82, 2.24) is 15.0 Å². The van der Waals surface area contributed by atoms with E-state index in [1.54, 1.807) is 69.5 Å². The van der Waals surface area contributed by atoms with E-state index >= 15 is 0 Å². The van der Waals surface area contributed by atoms with Gasteiger partial charge in [0.25, 0.3) is 11.8 Å². The molecule has 3 aromatic rings. The lowest BCUT2D eigenvalue weighted by Crippen LogP contribution is -2.70. The van der Waals surface area contributed by atoms with Crippen molar-refractivity contribution >= 4 is 23.5 Å². The molecule has 0 bridgehead atoms. The number of para-hydroxylation sites is 1. The molecule has 0 N–H and O–H groups in total. The zero-order valence-corrected chi connectivity index (χ0v) is 19.6. The predicted molar refractivity (Wildman–Crippen MR) is 123 cm³/mol. The Morgan fingerprint density at radius 3 is 2.60 bits per heavy atom. The van der Waals surface area contributed by atoms with E-state index in [0.717, 1.165) is 0 Å². The average Bonchev–Trinajstić information content (AvgIpc) is 3.48. The van der Waals surface area contributed by atoms with E-state index in [2.05, 4.69) is 10.1 Å². The van der Waals surface area contributed by atoms with E-state index in [9.17, 15) is 14.4 Å². The number of aromatic nitrogens is 2. The van der Waals surface area contributed by atoms with Crippen LogP contribution in [0, 0.1) is 0 Å². The highest BCUT2D eigenvalue weighted by molar-refractivity contribution is 6.15. The Balaban J connectivity index is 1.42. The third-order valence-electron chi connectivity index (χ3n) is 6.29. The number of nitrogens with zero attached hydrogens (tertiary/aromatic N) is 4. The molecule has 35 heavy (non-hydrogen) atoms. The first kappa shape index (κ1) is 22.6. The van der Waals surface area contributed by atoms with Crippen LogP contribution in [0.3, 0.4) is 0 Å². The van der Waals surface area contributed by atoms with E-state index in [1.165, 1.54) is 9.80 Å². The van der Waals surface area contributed by atoms with Gasteiger partial charge >= 0.3 is 5.97 Å². The number of anilines is 1. The molecule has 0 aliphatic carbocycles. The lowest BCUT2D eigenvalue weighted by Gasteiger charge is -2.50. The second-order valence-electron chi connectivity index (χ2n) is 8.65. The maximum Gasteiger partial charge on any atom is 0.354 e. The number of methoxy groups -OCH3 is 1. The maximum absolute atomic E-state index is 13.6. The second-order valence-corrected chi connectivity index (χ2v) is 8.65. The summed E-state index contributed by atoms with van der Waals surface area (Å²) in [5.74, 6) is -0.163. The molecule has 2 amide bonds. The fourth-order valence-electron chi connectivity index (χ4n) is 4.79.